The van der Waals surface area contributed by atoms with E-state index < -0.39 is 0 Å². The first kappa shape index (κ1) is 18.8. The maximum absolute atomic E-state index is 10.9. The fourth-order valence-electron chi connectivity index (χ4n) is 1.35. The van der Waals surface area contributed by atoms with Crippen LogP contribution in [0.25, 0.3) is 0 Å². The molecule has 0 bridgehead atoms. The molecular weight excluding hydrogens is 333 g/mol. The summed E-state index contributed by atoms with van der Waals surface area (Å²) in [5.41, 5.74) is 0. The number of nitrogens with zero attached hydrogens (tertiary/aromatic N) is 3. The van der Waals surface area contributed by atoms with Gasteiger partial charge in [0.25, 0.3) is 0 Å². The monoisotopic (exact) mass is 357 g/mol. The fraction of sp³-hybridized carbons (Fsp3) is 0.818. The van der Waals surface area contributed by atoms with E-state index in [-0.39, 0.29) is 29.9 Å². The van der Waals surface area contributed by atoms with Crippen molar-refractivity contribution >= 4 is 35.9 Å². The number of carbonyl (C=O) groups excluding carboxylic acids is 1. The standard InChI is InChI=1S/C11H23N3O2.HI/c1-13(2)11(14(3)4)12-9-7-6-8-10(15)16-5;/h6-9H2,1-5H3;1H. The topological polar surface area (TPSA) is 45.1 Å². The van der Waals surface area contributed by atoms with E-state index >= 15 is 0 Å². The lowest BCUT2D eigenvalue weighted by Crippen LogP contribution is -2.35. The van der Waals surface area contributed by atoms with Gasteiger partial charge in [-0.25, -0.2) is 0 Å². The number of halogens is 1. The van der Waals surface area contributed by atoms with Crippen LogP contribution in [-0.4, -0.2) is 63.6 Å². The molecular formula is C11H24IN3O2. The van der Waals surface area contributed by atoms with Gasteiger partial charge in [-0.2, -0.15) is 0 Å². The lowest BCUT2D eigenvalue weighted by atomic mass is 10.2. The third-order valence-electron chi connectivity index (χ3n) is 2.07. The number of carbonyl (C=O) groups is 1. The van der Waals surface area contributed by atoms with Crippen LogP contribution < -0.4 is 0 Å². The van der Waals surface area contributed by atoms with Crippen LogP contribution in [0.5, 0.6) is 0 Å². The molecule has 17 heavy (non-hydrogen) atoms. The van der Waals surface area contributed by atoms with Gasteiger partial charge in [0.1, 0.15) is 0 Å². The highest BCUT2D eigenvalue weighted by atomic mass is 127. The van der Waals surface area contributed by atoms with Crippen LogP contribution in [0.2, 0.25) is 0 Å². The summed E-state index contributed by atoms with van der Waals surface area (Å²) in [7, 11) is 9.28. The van der Waals surface area contributed by atoms with E-state index in [0.717, 1.165) is 25.3 Å². The van der Waals surface area contributed by atoms with E-state index in [4.69, 9.17) is 0 Å². The summed E-state index contributed by atoms with van der Waals surface area (Å²) < 4.78 is 4.56. The molecule has 0 aliphatic heterocycles. The van der Waals surface area contributed by atoms with Gasteiger partial charge in [-0.05, 0) is 12.8 Å². The summed E-state index contributed by atoms with van der Waals surface area (Å²) in [6.07, 6.45) is 2.20. The molecule has 0 aliphatic rings. The van der Waals surface area contributed by atoms with Crippen molar-refractivity contribution in [2.45, 2.75) is 19.3 Å². The van der Waals surface area contributed by atoms with Gasteiger partial charge in [-0.1, -0.05) is 0 Å². The summed E-state index contributed by atoms with van der Waals surface area (Å²) in [5.74, 6) is 0.794. The van der Waals surface area contributed by atoms with E-state index in [1.54, 1.807) is 0 Å². The number of methoxy groups -OCH3 is 1. The van der Waals surface area contributed by atoms with Crippen molar-refractivity contribution in [2.75, 3.05) is 41.8 Å². The van der Waals surface area contributed by atoms with E-state index in [0.29, 0.717) is 6.42 Å². The van der Waals surface area contributed by atoms with Gasteiger partial charge in [0.15, 0.2) is 5.96 Å². The second kappa shape index (κ2) is 10.6. The molecule has 0 saturated carbocycles. The average Bonchev–Trinajstić information content (AvgIpc) is 2.21. The molecule has 102 valence electrons. The highest BCUT2D eigenvalue weighted by Gasteiger charge is 2.03. The molecule has 0 atom stereocenters. The predicted octanol–water partition coefficient (Wildman–Crippen LogP) is 1.43. The summed E-state index contributed by atoms with van der Waals surface area (Å²) >= 11 is 0. The van der Waals surface area contributed by atoms with Crippen LogP contribution in [0, 0.1) is 0 Å². The molecule has 0 heterocycles. The van der Waals surface area contributed by atoms with Gasteiger partial charge in [0.05, 0.1) is 7.11 Å². The summed E-state index contributed by atoms with van der Waals surface area (Å²) in [4.78, 5) is 19.3. The number of hydrogen-bond acceptors (Lipinski definition) is 3. The number of ether oxygens (including phenoxy) is 1. The third kappa shape index (κ3) is 9.20. The Morgan fingerprint density at radius 3 is 2.06 bits per heavy atom. The number of guanidine groups is 1. The summed E-state index contributed by atoms with van der Waals surface area (Å²) in [6.45, 7) is 0.739. The van der Waals surface area contributed by atoms with Gasteiger partial charge in [-0.15, -0.1) is 24.0 Å². The number of unbranched alkanes of at least 4 members (excludes halogenated alkanes) is 1. The quantitative estimate of drug-likeness (QED) is 0.246. The van der Waals surface area contributed by atoms with Crippen LogP contribution in [-0.2, 0) is 9.53 Å². The number of aliphatic imine (C=N–C) groups is 1. The zero-order chi connectivity index (χ0) is 12.6. The van der Waals surface area contributed by atoms with E-state index in [9.17, 15) is 4.79 Å². The molecule has 0 aromatic carbocycles. The minimum atomic E-state index is -0.149. The molecule has 0 aromatic heterocycles. The molecule has 0 saturated heterocycles. The fourth-order valence-corrected chi connectivity index (χ4v) is 1.35. The van der Waals surface area contributed by atoms with Gasteiger partial charge in [0, 0.05) is 41.2 Å². The summed E-state index contributed by atoms with van der Waals surface area (Å²) in [5, 5.41) is 0. The second-order valence-electron chi connectivity index (χ2n) is 4.00. The summed E-state index contributed by atoms with van der Waals surface area (Å²) in [6, 6.07) is 0. The van der Waals surface area contributed by atoms with Crippen LogP contribution in [0.3, 0.4) is 0 Å². The highest BCUT2D eigenvalue weighted by Crippen LogP contribution is 1.98. The van der Waals surface area contributed by atoms with Crippen LogP contribution in [0.4, 0.5) is 0 Å². The molecule has 6 heteroatoms. The molecule has 0 amide bonds. The normalized spacial score (nSPS) is 9.00. The third-order valence-corrected chi connectivity index (χ3v) is 2.07. The number of hydrogen-bond donors (Lipinski definition) is 0. The Balaban J connectivity index is 0. The number of esters is 1. The van der Waals surface area contributed by atoms with Crippen LogP contribution >= 0.6 is 24.0 Å². The van der Waals surface area contributed by atoms with E-state index in [1.807, 2.05) is 38.0 Å². The zero-order valence-electron chi connectivity index (χ0n) is 11.4. The van der Waals surface area contributed by atoms with Crippen molar-refractivity contribution in [2.24, 2.45) is 4.99 Å². The van der Waals surface area contributed by atoms with Crippen molar-refractivity contribution in [3.05, 3.63) is 0 Å². The predicted molar refractivity (Wildman–Crippen MR) is 81.0 cm³/mol. The SMILES string of the molecule is COC(=O)CCCCN=C(N(C)C)N(C)C.I. The van der Waals surface area contributed by atoms with Gasteiger partial charge in [-0.3, -0.25) is 9.79 Å². The first-order chi connectivity index (χ1) is 7.49. The van der Waals surface area contributed by atoms with Crippen molar-refractivity contribution in [3.8, 4) is 0 Å². The Kier molecular flexibility index (Phi) is 11.8. The maximum Gasteiger partial charge on any atom is 0.305 e. The Labute approximate surface area is 121 Å². The Morgan fingerprint density at radius 1 is 1.12 bits per heavy atom. The Hall–Kier alpha value is -0.530. The highest BCUT2D eigenvalue weighted by molar-refractivity contribution is 14.0. The molecule has 0 fully saturated rings. The lowest BCUT2D eigenvalue weighted by Gasteiger charge is -2.22. The minimum absolute atomic E-state index is 0. The van der Waals surface area contributed by atoms with Crippen LogP contribution in [0.1, 0.15) is 19.3 Å². The van der Waals surface area contributed by atoms with Gasteiger partial charge < -0.3 is 14.5 Å². The Bertz CT molecular complexity index is 233. The lowest BCUT2D eigenvalue weighted by molar-refractivity contribution is -0.140. The molecule has 0 spiro atoms. The molecule has 0 N–H and O–H groups in total. The number of rotatable bonds is 5. The van der Waals surface area contributed by atoms with Crippen molar-refractivity contribution in [3.63, 3.8) is 0 Å². The molecule has 0 unspecified atom stereocenters. The molecule has 0 radical (unpaired) electrons. The average molecular weight is 357 g/mol. The zero-order valence-corrected chi connectivity index (χ0v) is 13.7. The maximum atomic E-state index is 10.9. The van der Waals surface area contributed by atoms with Crippen LogP contribution in [0.15, 0.2) is 4.99 Å². The largest absolute Gasteiger partial charge is 0.469 e. The van der Waals surface area contributed by atoms with Crippen molar-refractivity contribution in [1.29, 1.82) is 0 Å². The minimum Gasteiger partial charge on any atom is -0.469 e. The van der Waals surface area contributed by atoms with Gasteiger partial charge in [0.2, 0.25) is 0 Å². The van der Waals surface area contributed by atoms with Crippen molar-refractivity contribution in [1.82, 2.24) is 9.80 Å². The molecule has 5 nitrogen and oxygen atoms in total. The van der Waals surface area contributed by atoms with E-state index in [1.165, 1.54) is 7.11 Å². The second-order valence-corrected chi connectivity index (χ2v) is 4.00. The molecule has 0 aromatic rings. The molecule has 0 aliphatic carbocycles. The van der Waals surface area contributed by atoms with Crippen molar-refractivity contribution < 1.29 is 9.53 Å². The Morgan fingerprint density at radius 2 is 1.65 bits per heavy atom. The smallest absolute Gasteiger partial charge is 0.305 e. The molecule has 0 rings (SSSR count). The van der Waals surface area contributed by atoms with E-state index in [2.05, 4.69) is 9.73 Å². The first-order valence-electron chi connectivity index (χ1n) is 5.45. The first-order valence-corrected chi connectivity index (χ1v) is 5.45. The van der Waals surface area contributed by atoms with Gasteiger partial charge >= 0.3 is 5.97 Å².